The Hall–Kier alpha value is -1.82. The third-order valence-electron chi connectivity index (χ3n) is 4.88. The molecular weight excluding hydrogens is 388 g/mol. The van der Waals surface area contributed by atoms with Crippen LogP contribution in [0.1, 0.15) is 30.1 Å². The van der Waals surface area contributed by atoms with E-state index in [0.29, 0.717) is 17.8 Å². The van der Waals surface area contributed by atoms with Crippen LogP contribution >= 0.6 is 24.0 Å². The minimum atomic E-state index is -0.467. The van der Waals surface area contributed by atoms with E-state index in [-0.39, 0.29) is 28.9 Å². The summed E-state index contributed by atoms with van der Waals surface area (Å²) in [5, 5.41) is 6.46. The van der Waals surface area contributed by atoms with Crippen LogP contribution in [0.3, 0.4) is 0 Å². The van der Waals surface area contributed by atoms with Crippen LogP contribution in [0.5, 0.6) is 0 Å². The minimum absolute atomic E-state index is 0. The van der Waals surface area contributed by atoms with Crippen LogP contribution in [-0.2, 0) is 0 Å². The molecule has 0 unspecified atom stereocenters. The van der Waals surface area contributed by atoms with E-state index in [0.717, 1.165) is 31.1 Å². The van der Waals surface area contributed by atoms with Crippen molar-refractivity contribution >= 4 is 41.3 Å². The first-order chi connectivity index (χ1) is 12.4. The molecule has 0 radical (unpaired) electrons. The number of anilines is 2. The van der Waals surface area contributed by atoms with Crippen molar-refractivity contribution in [1.82, 2.24) is 4.90 Å². The van der Waals surface area contributed by atoms with Crippen molar-refractivity contribution < 1.29 is 9.18 Å². The summed E-state index contributed by atoms with van der Waals surface area (Å²) < 4.78 is 13.1. The van der Waals surface area contributed by atoms with E-state index in [1.54, 1.807) is 0 Å². The second kappa shape index (κ2) is 9.40. The number of likely N-dealkylation sites (tertiary alicyclic amines) is 1. The van der Waals surface area contributed by atoms with Gasteiger partial charge in [0.25, 0.3) is 5.91 Å². The fourth-order valence-corrected chi connectivity index (χ4v) is 3.47. The van der Waals surface area contributed by atoms with E-state index in [1.807, 2.05) is 24.3 Å². The second-order valence-electron chi connectivity index (χ2n) is 6.85. The molecule has 4 nitrogen and oxygen atoms in total. The number of amides is 1. The molecule has 2 N–H and O–H groups in total. The molecule has 1 fully saturated rings. The van der Waals surface area contributed by atoms with E-state index in [4.69, 9.17) is 11.6 Å². The van der Waals surface area contributed by atoms with Gasteiger partial charge in [0, 0.05) is 30.0 Å². The van der Waals surface area contributed by atoms with Crippen molar-refractivity contribution in [3.63, 3.8) is 0 Å². The van der Waals surface area contributed by atoms with Crippen LogP contribution < -0.4 is 10.6 Å². The van der Waals surface area contributed by atoms with Gasteiger partial charge in [0.15, 0.2) is 0 Å². The van der Waals surface area contributed by atoms with Gasteiger partial charge in [-0.05, 0) is 63.2 Å². The molecule has 0 aromatic heterocycles. The number of piperidine rings is 1. The Balaban J connectivity index is 0.00000261. The van der Waals surface area contributed by atoms with Gasteiger partial charge in [0.05, 0.1) is 10.6 Å². The predicted octanol–water partition coefficient (Wildman–Crippen LogP) is 5.05. The number of rotatable bonds is 4. The Morgan fingerprint density at radius 3 is 2.67 bits per heavy atom. The summed E-state index contributed by atoms with van der Waals surface area (Å²) in [4.78, 5) is 14.7. The molecular formula is C20H24Cl2FN3O. The lowest BCUT2D eigenvalue weighted by atomic mass is 9.98. The van der Waals surface area contributed by atoms with Gasteiger partial charge in [-0.1, -0.05) is 17.7 Å². The first-order valence-corrected chi connectivity index (χ1v) is 9.13. The zero-order valence-electron chi connectivity index (χ0n) is 15.3. The molecule has 1 amide bonds. The Kier molecular flexibility index (Phi) is 7.48. The number of carbonyl (C=O) groups excluding carboxylic acids is 1. The van der Waals surface area contributed by atoms with E-state index >= 15 is 0 Å². The zero-order chi connectivity index (χ0) is 18.7. The number of hydrogen-bond acceptors (Lipinski definition) is 3. The second-order valence-corrected chi connectivity index (χ2v) is 7.26. The quantitative estimate of drug-likeness (QED) is 0.739. The fraction of sp³-hybridized carbons (Fsp3) is 0.350. The number of halogens is 3. The number of carbonyl (C=O) groups is 1. The summed E-state index contributed by atoms with van der Waals surface area (Å²) in [6, 6.07) is 12.3. The van der Waals surface area contributed by atoms with Crippen LogP contribution in [0.25, 0.3) is 0 Å². The third-order valence-corrected chi connectivity index (χ3v) is 5.19. The molecule has 27 heavy (non-hydrogen) atoms. The lowest BCUT2D eigenvalue weighted by molar-refractivity contribution is 0.102. The summed E-state index contributed by atoms with van der Waals surface area (Å²) >= 11 is 5.96. The number of nitrogens with zero attached hydrogens (tertiary/aromatic N) is 1. The van der Waals surface area contributed by atoms with Crippen LogP contribution in [0, 0.1) is 5.82 Å². The summed E-state index contributed by atoms with van der Waals surface area (Å²) in [5.74, 6) is -0.829. The molecule has 2 atom stereocenters. The van der Waals surface area contributed by atoms with Gasteiger partial charge in [-0.3, -0.25) is 4.79 Å². The van der Waals surface area contributed by atoms with Gasteiger partial charge in [-0.25, -0.2) is 4.39 Å². The van der Waals surface area contributed by atoms with E-state index in [9.17, 15) is 9.18 Å². The van der Waals surface area contributed by atoms with Gasteiger partial charge in [-0.2, -0.15) is 0 Å². The molecule has 0 spiro atoms. The van der Waals surface area contributed by atoms with Crippen LogP contribution in [0.4, 0.5) is 15.8 Å². The molecule has 2 aromatic rings. The zero-order valence-corrected chi connectivity index (χ0v) is 16.9. The molecule has 0 aliphatic carbocycles. The van der Waals surface area contributed by atoms with Crippen molar-refractivity contribution in [2.45, 2.75) is 31.8 Å². The highest BCUT2D eigenvalue weighted by molar-refractivity contribution is 6.34. The topological polar surface area (TPSA) is 44.4 Å². The van der Waals surface area contributed by atoms with Crippen molar-refractivity contribution in [3.8, 4) is 0 Å². The van der Waals surface area contributed by atoms with Crippen molar-refractivity contribution in [2.75, 3.05) is 24.2 Å². The first-order valence-electron chi connectivity index (χ1n) is 8.75. The maximum Gasteiger partial charge on any atom is 0.257 e. The lowest BCUT2D eigenvalue weighted by Crippen LogP contribution is -2.42. The van der Waals surface area contributed by atoms with Crippen molar-refractivity contribution in [3.05, 3.63) is 58.9 Å². The number of hydrogen-bond donors (Lipinski definition) is 2. The van der Waals surface area contributed by atoms with Gasteiger partial charge in [-0.15, -0.1) is 12.4 Å². The van der Waals surface area contributed by atoms with Crippen LogP contribution in [0.2, 0.25) is 5.02 Å². The predicted molar refractivity (Wildman–Crippen MR) is 112 cm³/mol. The summed E-state index contributed by atoms with van der Waals surface area (Å²) in [7, 11) is 2.15. The van der Waals surface area contributed by atoms with Crippen LogP contribution in [-0.4, -0.2) is 36.5 Å². The molecule has 1 saturated heterocycles. The number of benzene rings is 2. The molecule has 1 aliphatic rings. The summed E-state index contributed by atoms with van der Waals surface area (Å²) in [5.41, 5.74) is 1.88. The fourth-order valence-electron chi connectivity index (χ4n) is 3.21. The molecule has 1 aliphatic heterocycles. The van der Waals surface area contributed by atoms with E-state index < -0.39 is 5.82 Å². The standard InChI is InChI=1S/C20H23ClFN3O.ClH/c1-13-10-17(8-9-25(13)2)23-15-4-3-5-16(12-15)24-20(26)18-7-6-14(22)11-19(18)21;/h3-7,11-13,17,23H,8-10H2,1-2H3,(H,24,26);1H/t13-,17-;/m1./s1. The highest BCUT2D eigenvalue weighted by atomic mass is 35.5. The summed E-state index contributed by atoms with van der Waals surface area (Å²) in [6.07, 6.45) is 2.17. The first kappa shape index (κ1) is 21.5. The highest BCUT2D eigenvalue weighted by Gasteiger charge is 2.22. The van der Waals surface area contributed by atoms with Crippen molar-refractivity contribution in [1.29, 1.82) is 0 Å². The molecule has 0 bridgehead atoms. The van der Waals surface area contributed by atoms with E-state index in [2.05, 4.69) is 29.5 Å². The van der Waals surface area contributed by atoms with Gasteiger partial charge >= 0.3 is 0 Å². The maximum absolute atomic E-state index is 13.1. The number of nitrogens with one attached hydrogen (secondary N) is 2. The Labute approximate surface area is 170 Å². The summed E-state index contributed by atoms with van der Waals surface area (Å²) in [6.45, 7) is 3.30. The Morgan fingerprint density at radius 2 is 1.96 bits per heavy atom. The molecule has 1 heterocycles. The molecule has 7 heteroatoms. The SMILES string of the molecule is C[C@@H]1C[C@H](Nc2cccc(NC(=O)c3ccc(F)cc3Cl)c2)CCN1C.Cl. The molecule has 146 valence electrons. The average molecular weight is 412 g/mol. The normalized spacial score (nSPS) is 19.9. The third kappa shape index (κ3) is 5.58. The molecule has 2 aromatic carbocycles. The monoisotopic (exact) mass is 411 g/mol. The molecule has 0 saturated carbocycles. The van der Waals surface area contributed by atoms with Gasteiger partial charge in [0.2, 0.25) is 0 Å². The lowest BCUT2D eigenvalue weighted by Gasteiger charge is -2.35. The Morgan fingerprint density at radius 1 is 1.22 bits per heavy atom. The largest absolute Gasteiger partial charge is 0.382 e. The Bertz CT molecular complexity index is 803. The van der Waals surface area contributed by atoms with Crippen molar-refractivity contribution in [2.24, 2.45) is 0 Å². The van der Waals surface area contributed by atoms with Gasteiger partial charge < -0.3 is 15.5 Å². The minimum Gasteiger partial charge on any atom is -0.382 e. The smallest absolute Gasteiger partial charge is 0.257 e. The van der Waals surface area contributed by atoms with Crippen LogP contribution in [0.15, 0.2) is 42.5 Å². The van der Waals surface area contributed by atoms with E-state index in [1.165, 1.54) is 12.1 Å². The average Bonchev–Trinajstić information content (AvgIpc) is 2.58. The molecule has 3 rings (SSSR count). The van der Waals surface area contributed by atoms with Gasteiger partial charge in [0.1, 0.15) is 5.82 Å². The highest BCUT2D eigenvalue weighted by Crippen LogP contribution is 2.23. The maximum atomic E-state index is 13.1.